The van der Waals surface area contributed by atoms with Gasteiger partial charge in [-0.3, -0.25) is 37.5 Å². The summed E-state index contributed by atoms with van der Waals surface area (Å²) in [5.74, 6) is 0.350. The van der Waals surface area contributed by atoms with Gasteiger partial charge in [-0.25, -0.2) is 0 Å². The molecule has 6 aromatic carbocycles. The maximum atomic E-state index is 12.8. The second-order valence-corrected chi connectivity index (χ2v) is 20.7. The second-order valence-electron chi connectivity index (χ2n) is 20.4. The SMILES string of the molecule is CC(=O)C=C(C)O.CC(=O)C=C(C)O.CC(C)(C)C(=O)C=C(O)C(C)(C)C.Clc1ccc(-c2[c-]cccc2)nn1.Cn1ccnc1-c1[c-]cccc1.Fc1c[c-]c(-n2ncc3ccccc32)cc1.Fc1c[c-]c(-n2ncc3ccccc32)cc1.[Ir].[Ir].[Ir].[Ir]. The van der Waals surface area contributed by atoms with Crippen molar-refractivity contribution in [1.29, 1.82) is 0 Å². The van der Waals surface area contributed by atoms with Gasteiger partial charge < -0.3 is 19.9 Å². The fraction of sp³-hybridized carbons (Fsp3) is 0.194. The fourth-order valence-electron chi connectivity index (χ4n) is 6.70. The van der Waals surface area contributed by atoms with E-state index in [9.17, 15) is 28.3 Å². The summed E-state index contributed by atoms with van der Waals surface area (Å²) in [6.07, 6.45) is 10.9. The molecule has 10 rings (SSSR count). The quantitative estimate of drug-likeness (QED) is 0.0782. The van der Waals surface area contributed by atoms with E-state index in [1.165, 1.54) is 70.2 Å². The van der Waals surface area contributed by atoms with Crippen molar-refractivity contribution in [3.8, 4) is 34.0 Å². The number of nitrogens with zero attached hydrogens (tertiary/aromatic N) is 8. The average Bonchev–Trinajstić information content (AvgIpc) is 3.27. The summed E-state index contributed by atoms with van der Waals surface area (Å²) in [6.45, 7) is 16.8. The minimum absolute atomic E-state index is 0. The van der Waals surface area contributed by atoms with Gasteiger partial charge in [-0.15, -0.1) is 113 Å². The van der Waals surface area contributed by atoms with E-state index >= 15 is 0 Å². The van der Waals surface area contributed by atoms with Gasteiger partial charge in [-0.1, -0.05) is 95.6 Å². The van der Waals surface area contributed by atoms with Crippen molar-refractivity contribution in [2.24, 2.45) is 17.9 Å². The zero-order chi connectivity index (χ0) is 62.0. The van der Waals surface area contributed by atoms with Crippen molar-refractivity contribution in [2.45, 2.75) is 69.2 Å². The molecule has 14 nitrogen and oxygen atoms in total. The number of rotatable bonds is 7. The molecule has 88 heavy (non-hydrogen) atoms. The molecule has 0 aliphatic rings. The minimum atomic E-state index is -0.417. The molecule has 21 heteroatoms. The van der Waals surface area contributed by atoms with Crippen LogP contribution in [-0.2, 0) is 102 Å². The molecule has 0 saturated heterocycles. The number of aliphatic hydroxyl groups is 3. The summed E-state index contributed by atoms with van der Waals surface area (Å²) >= 11 is 5.62. The number of imidazole rings is 1. The average molecular weight is 1920 g/mol. The van der Waals surface area contributed by atoms with Gasteiger partial charge in [-0.05, 0) is 57.3 Å². The van der Waals surface area contributed by atoms with Crippen LogP contribution < -0.4 is 0 Å². The molecule has 472 valence electrons. The molecule has 0 aliphatic carbocycles. The van der Waals surface area contributed by atoms with Crippen LogP contribution in [0.4, 0.5) is 8.78 Å². The van der Waals surface area contributed by atoms with E-state index in [1.54, 1.807) is 46.2 Å². The molecule has 10 aromatic rings. The van der Waals surface area contributed by atoms with Crippen LogP contribution in [0.5, 0.6) is 0 Å². The largest absolute Gasteiger partial charge is 0.512 e. The van der Waals surface area contributed by atoms with E-state index in [0.29, 0.717) is 5.15 Å². The van der Waals surface area contributed by atoms with Crippen LogP contribution in [0, 0.1) is 46.7 Å². The summed E-state index contributed by atoms with van der Waals surface area (Å²) < 4.78 is 31.0. The van der Waals surface area contributed by atoms with Gasteiger partial charge in [0.15, 0.2) is 17.3 Å². The van der Waals surface area contributed by atoms with Crippen LogP contribution >= 0.6 is 11.6 Å². The Bertz CT molecular complexity index is 3620. The van der Waals surface area contributed by atoms with Crippen molar-refractivity contribution in [1.82, 2.24) is 39.3 Å². The molecule has 4 aromatic heterocycles. The molecule has 0 spiro atoms. The molecule has 0 bridgehead atoms. The first-order chi connectivity index (χ1) is 39.7. The van der Waals surface area contributed by atoms with Crippen molar-refractivity contribution < 1.29 is 119 Å². The van der Waals surface area contributed by atoms with E-state index in [-0.39, 0.29) is 132 Å². The van der Waals surface area contributed by atoms with Crippen LogP contribution in [0.1, 0.15) is 69.2 Å². The number of aromatic nitrogens is 8. The number of hydrogen-bond donors (Lipinski definition) is 3. The van der Waals surface area contributed by atoms with Crippen LogP contribution in [-0.4, -0.2) is 72.0 Å². The van der Waals surface area contributed by atoms with E-state index in [1.807, 2.05) is 162 Å². The Morgan fingerprint density at radius 2 is 0.989 bits per heavy atom. The summed E-state index contributed by atoms with van der Waals surface area (Å²) in [6, 6.07) is 55.4. The Balaban J connectivity index is 0.00000101. The Kier molecular flexibility index (Phi) is 37.2. The normalized spacial score (nSPS) is 10.7. The Hall–Kier alpha value is -7.07. The number of ketones is 3. The number of carbonyl (C=O) groups is 3. The molecule has 0 amide bonds. The first kappa shape index (κ1) is 80.9. The van der Waals surface area contributed by atoms with Gasteiger partial charge in [0, 0.05) is 157 Å². The summed E-state index contributed by atoms with van der Waals surface area (Å²) in [5, 5.41) is 45.0. The topological polar surface area (TPSA) is 191 Å². The smallest absolute Gasteiger partial charge is 0.164 e. The van der Waals surface area contributed by atoms with E-state index in [4.69, 9.17) is 21.8 Å². The number of benzene rings is 6. The van der Waals surface area contributed by atoms with Gasteiger partial charge in [0.1, 0.15) is 10.9 Å². The number of hydrogen-bond acceptors (Lipinski definition) is 11. The summed E-state index contributed by atoms with van der Waals surface area (Å²) in [7, 11) is 1.98. The summed E-state index contributed by atoms with van der Waals surface area (Å²) in [4.78, 5) is 35.7. The van der Waals surface area contributed by atoms with Crippen molar-refractivity contribution >= 4 is 50.8 Å². The number of halogens is 3. The Morgan fingerprint density at radius 1 is 0.545 bits per heavy atom. The van der Waals surface area contributed by atoms with Gasteiger partial charge in [0.25, 0.3) is 0 Å². The molecule has 3 N–H and O–H groups in total. The maximum Gasteiger partial charge on any atom is 0.164 e. The van der Waals surface area contributed by atoms with Crippen molar-refractivity contribution in [3.05, 3.63) is 247 Å². The number of allylic oxidation sites excluding steroid dienone is 6. The molecule has 4 heterocycles. The minimum Gasteiger partial charge on any atom is -0.512 e. The number of fused-ring (bicyclic) bond motifs is 2. The standard InChI is InChI=1S/2C13H8FN2.C11H20O2.C10H6ClN2.C10H9N2.2C5H8O2.4Ir/c2*14-11-5-7-12(8-6-11)16-13-4-2-1-3-10(13)9-15-16;1-10(2,3)8(12)7-9(13)11(4,5)6;11-10-7-6-9(12-13-10)8-4-2-1-3-5-8;1-12-8-7-11-10(12)9-5-3-2-4-6-9;2*1-4(6)3-5(2)7;;;;/h2*1-7,9H;7,12H,1-6H3;1-4,6-7H;2-5,7-8H,1H3;2*3,6H,1-2H3;;;;/q2*-1;;2*-1;;;;;;. The van der Waals surface area contributed by atoms with E-state index in [2.05, 4.69) is 49.6 Å². The zero-order valence-electron chi connectivity index (χ0n) is 50.0. The molecule has 4 radical (unpaired) electrons. The van der Waals surface area contributed by atoms with Gasteiger partial charge in [-0.2, -0.15) is 27.4 Å². The van der Waals surface area contributed by atoms with Crippen LogP contribution in [0.25, 0.3) is 55.8 Å². The molecule has 0 aliphatic heterocycles. The molecule has 0 atom stereocenters. The maximum absolute atomic E-state index is 12.8. The van der Waals surface area contributed by atoms with E-state index in [0.717, 1.165) is 55.8 Å². The molecular formula is C67H67ClF2Ir4N8O6-4. The monoisotopic (exact) mass is 1920 g/mol. The van der Waals surface area contributed by atoms with Crippen LogP contribution in [0.2, 0.25) is 5.15 Å². The molecule has 0 fully saturated rings. The fourth-order valence-corrected chi connectivity index (χ4v) is 6.80. The van der Waals surface area contributed by atoms with E-state index < -0.39 is 5.41 Å². The number of para-hydroxylation sites is 2. The van der Waals surface area contributed by atoms with Crippen molar-refractivity contribution in [2.75, 3.05) is 0 Å². The predicted octanol–water partition coefficient (Wildman–Crippen LogP) is 15.6. The third-order valence-corrected chi connectivity index (χ3v) is 11.1. The number of aliphatic hydroxyl groups excluding tert-OH is 3. The Morgan fingerprint density at radius 3 is 1.32 bits per heavy atom. The first-order valence-electron chi connectivity index (χ1n) is 26.1. The molecule has 0 unspecified atom stereocenters. The number of aryl methyl sites for hydroxylation is 1. The van der Waals surface area contributed by atoms with Gasteiger partial charge in [0.05, 0.1) is 40.8 Å². The van der Waals surface area contributed by atoms with Gasteiger partial charge >= 0.3 is 0 Å². The molecule has 0 saturated carbocycles. The van der Waals surface area contributed by atoms with Gasteiger partial charge in [0.2, 0.25) is 0 Å². The number of carbonyl (C=O) groups excluding carboxylic acids is 3. The Labute approximate surface area is 572 Å². The second kappa shape index (κ2) is 40.5. The molecular weight excluding hydrogens is 1860 g/mol. The zero-order valence-corrected chi connectivity index (χ0v) is 60.3. The first-order valence-corrected chi connectivity index (χ1v) is 26.4. The summed E-state index contributed by atoms with van der Waals surface area (Å²) in [5.41, 5.74) is 5.43. The third-order valence-electron chi connectivity index (χ3n) is 10.9. The van der Waals surface area contributed by atoms with Crippen molar-refractivity contribution in [3.63, 3.8) is 0 Å². The predicted molar refractivity (Wildman–Crippen MR) is 327 cm³/mol. The third kappa shape index (κ3) is 28.8. The van der Waals surface area contributed by atoms with Crippen LogP contribution in [0.3, 0.4) is 0 Å². The van der Waals surface area contributed by atoms with Crippen LogP contribution in [0.15, 0.2) is 206 Å².